The van der Waals surface area contributed by atoms with Gasteiger partial charge in [0.2, 0.25) is 0 Å². The molecule has 1 heterocycles. The van der Waals surface area contributed by atoms with Crippen molar-refractivity contribution in [3.63, 3.8) is 0 Å². The second kappa shape index (κ2) is 6.39. The van der Waals surface area contributed by atoms with Crippen LogP contribution in [0.15, 0.2) is 10.6 Å². The molecular weight excluding hydrogens is 234 g/mol. The van der Waals surface area contributed by atoms with Gasteiger partial charge in [-0.1, -0.05) is 19.0 Å². The van der Waals surface area contributed by atoms with Gasteiger partial charge < -0.3 is 19.9 Å². The molecule has 0 bridgehead atoms. The van der Waals surface area contributed by atoms with Gasteiger partial charge in [0.25, 0.3) is 5.91 Å². The summed E-state index contributed by atoms with van der Waals surface area (Å²) in [6, 6.07) is 1.47. The van der Waals surface area contributed by atoms with Crippen molar-refractivity contribution in [3.8, 4) is 5.95 Å². The second-order valence-electron chi connectivity index (χ2n) is 4.61. The Morgan fingerprint density at radius 1 is 1.56 bits per heavy atom. The minimum absolute atomic E-state index is 0.0260. The molecule has 1 atom stereocenters. The number of carbonyl (C=O) groups is 1. The van der Waals surface area contributed by atoms with Crippen molar-refractivity contribution in [1.82, 2.24) is 15.8 Å². The topological polar surface area (TPSA) is 76.4 Å². The van der Waals surface area contributed by atoms with Gasteiger partial charge in [0.15, 0.2) is 5.69 Å². The maximum absolute atomic E-state index is 11.8. The van der Waals surface area contributed by atoms with Crippen molar-refractivity contribution >= 4 is 5.91 Å². The number of rotatable bonds is 7. The van der Waals surface area contributed by atoms with E-state index in [4.69, 9.17) is 9.26 Å². The van der Waals surface area contributed by atoms with Crippen LogP contribution in [0.25, 0.3) is 0 Å². The van der Waals surface area contributed by atoms with E-state index in [1.54, 1.807) is 0 Å². The van der Waals surface area contributed by atoms with Crippen molar-refractivity contribution in [2.24, 2.45) is 5.41 Å². The molecule has 0 spiro atoms. The highest BCUT2D eigenvalue weighted by atomic mass is 16.6. The van der Waals surface area contributed by atoms with E-state index in [1.165, 1.54) is 13.2 Å². The molecule has 0 radical (unpaired) electrons. The third-order valence-corrected chi connectivity index (χ3v) is 3.06. The fourth-order valence-electron chi connectivity index (χ4n) is 1.59. The zero-order valence-electron chi connectivity index (χ0n) is 11.4. The second-order valence-corrected chi connectivity index (χ2v) is 4.61. The smallest absolute Gasteiger partial charge is 0.311 e. The lowest BCUT2D eigenvalue weighted by Crippen LogP contribution is -2.41. The monoisotopic (exact) mass is 255 g/mol. The van der Waals surface area contributed by atoms with Crippen molar-refractivity contribution in [3.05, 3.63) is 11.8 Å². The molecule has 6 heteroatoms. The number of amides is 1. The van der Waals surface area contributed by atoms with E-state index in [2.05, 4.69) is 29.6 Å². The van der Waals surface area contributed by atoms with E-state index in [9.17, 15) is 4.79 Å². The van der Waals surface area contributed by atoms with E-state index < -0.39 is 0 Å². The van der Waals surface area contributed by atoms with E-state index in [0.29, 0.717) is 6.54 Å². The third kappa shape index (κ3) is 3.73. The fraction of sp³-hybridized carbons (Fsp3) is 0.667. The first-order valence-electron chi connectivity index (χ1n) is 5.98. The van der Waals surface area contributed by atoms with Gasteiger partial charge in [-0.2, -0.15) is 0 Å². The van der Waals surface area contributed by atoms with Crippen LogP contribution in [-0.4, -0.2) is 38.3 Å². The molecule has 1 rings (SSSR count). The van der Waals surface area contributed by atoms with Crippen LogP contribution in [0.3, 0.4) is 0 Å². The number of nitrogens with zero attached hydrogens (tertiary/aromatic N) is 1. The lowest BCUT2D eigenvalue weighted by atomic mass is 9.87. The van der Waals surface area contributed by atoms with E-state index in [-0.39, 0.29) is 23.0 Å². The number of methoxy groups -OCH3 is 1. The molecule has 0 aliphatic rings. The zero-order valence-corrected chi connectivity index (χ0v) is 11.4. The molecule has 0 fully saturated rings. The van der Waals surface area contributed by atoms with Crippen LogP contribution in [0.5, 0.6) is 5.95 Å². The molecule has 1 amide bonds. The summed E-state index contributed by atoms with van der Waals surface area (Å²) >= 11 is 0. The molecule has 6 nitrogen and oxygen atoms in total. The van der Waals surface area contributed by atoms with E-state index >= 15 is 0 Å². The Morgan fingerprint density at radius 3 is 2.78 bits per heavy atom. The number of hydrogen-bond donors (Lipinski definition) is 2. The van der Waals surface area contributed by atoms with Crippen molar-refractivity contribution in [1.29, 1.82) is 0 Å². The number of nitrogens with one attached hydrogen (secondary N) is 2. The molecule has 1 unspecified atom stereocenters. The minimum Gasteiger partial charge on any atom is -0.467 e. The Labute approximate surface area is 107 Å². The highest BCUT2D eigenvalue weighted by molar-refractivity contribution is 5.92. The summed E-state index contributed by atoms with van der Waals surface area (Å²) in [7, 11) is 3.36. The predicted octanol–water partition coefficient (Wildman–Crippen LogP) is 1.05. The Morgan fingerprint density at radius 2 is 2.28 bits per heavy atom. The van der Waals surface area contributed by atoms with Crippen LogP contribution >= 0.6 is 0 Å². The Bertz CT molecular complexity index is 392. The van der Waals surface area contributed by atoms with Crippen LogP contribution in [0.2, 0.25) is 0 Å². The van der Waals surface area contributed by atoms with Crippen molar-refractivity contribution in [2.45, 2.75) is 20.3 Å². The van der Waals surface area contributed by atoms with Gasteiger partial charge in [-0.3, -0.25) is 4.79 Å². The quantitative estimate of drug-likeness (QED) is 0.761. The van der Waals surface area contributed by atoms with Gasteiger partial charge in [-0.15, -0.1) is 0 Å². The number of aromatic nitrogens is 1. The van der Waals surface area contributed by atoms with Gasteiger partial charge in [0.1, 0.15) is 0 Å². The van der Waals surface area contributed by atoms with Crippen molar-refractivity contribution < 1.29 is 14.1 Å². The van der Waals surface area contributed by atoms with Crippen LogP contribution < -0.4 is 15.4 Å². The lowest BCUT2D eigenvalue weighted by Gasteiger charge is -2.27. The number of ether oxygens (including phenoxy) is 1. The van der Waals surface area contributed by atoms with Gasteiger partial charge in [-0.25, -0.2) is 0 Å². The average Bonchev–Trinajstić information content (AvgIpc) is 2.85. The molecule has 0 saturated carbocycles. The highest BCUT2D eigenvalue weighted by Gasteiger charge is 2.23. The molecule has 1 aromatic rings. The summed E-state index contributed by atoms with van der Waals surface area (Å²) in [5.41, 5.74) is 0.257. The maximum Gasteiger partial charge on any atom is 0.311 e. The van der Waals surface area contributed by atoms with Crippen LogP contribution in [0.1, 0.15) is 30.8 Å². The van der Waals surface area contributed by atoms with Gasteiger partial charge in [0, 0.05) is 13.1 Å². The number of hydrogen-bond acceptors (Lipinski definition) is 5. The molecule has 0 aliphatic carbocycles. The molecule has 102 valence electrons. The van der Waals surface area contributed by atoms with Crippen molar-refractivity contribution in [2.75, 3.05) is 27.2 Å². The van der Waals surface area contributed by atoms with E-state index in [1.807, 2.05) is 7.05 Å². The summed E-state index contributed by atoms with van der Waals surface area (Å²) < 4.78 is 9.63. The predicted molar refractivity (Wildman–Crippen MR) is 67.7 cm³/mol. The van der Waals surface area contributed by atoms with Gasteiger partial charge in [0.05, 0.1) is 13.2 Å². The summed E-state index contributed by atoms with van der Waals surface area (Å²) in [6.45, 7) is 5.64. The highest BCUT2D eigenvalue weighted by Crippen LogP contribution is 2.19. The molecule has 2 N–H and O–H groups in total. The molecular formula is C12H21N3O3. The normalized spacial score (nSPS) is 14.0. The van der Waals surface area contributed by atoms with Crippen LogP contribution in [0.4, 0.5) is 0 Å². The first kappa shape index (κ1) is 14.5. The molecule has 0 aliphatic heterocycles. The molecule has 0 saturated heterocycles. The summed E-state index contributed by atoms with van der Waals surface area (Å²) in [4.78, 5) is 11.8. The van der Waals surface area contributed by atoms with Gasteiger partial charge >= 0.3 is 5.95 Å². The fourth-order valence-corrected chi connectivity index (χ4v) is 1.59. The SMILES string of the molecule is CCC(C)(CNC)CNC(=O)c1cc(OC)on1. The minimum atomic E-state index is -0.252. The number of carbonyl (C=O) groups excluding carboxylic acids is 1. The van der Waals surface area contributed by atoms with E-state index in [0.717, 1.165) is 13.0 Å². The first-order valence-corrected chi connectivity index (χ1v) is 5.98. The maximum atomic E-state index is 11.8. The summed E-state index contributed by atoms with van der Waals surface area (Å²) in [6.07, 6.45) is 0.969. The lowest BCUT2D eigenvalue weighted by molar-refractivity contribution is 0.0922. The summed E-state index contributed by atoms with van der Waals surface area (Å²) in [5.74, 6) is -0.0218. The average molecular weight is 255 g/mol. The van der Waals surface area contributed by atoms with Gasteiger partial charge in [-0.05, 0) is 18.9 Å². The largest absolute Gasteiger partial charge is 0.467 e. The first-order chi connectivity index (χ1) is 8.54. The molecule has 0 aromatic carbocycles. The Kier molecular flexibility index (Phi) is 5.15. The standard InChI is InChI=1S/C12H21N3O3/c1-5-12(2,7-13-3)8-14-11(16)9-6-10(17-4)18-15-9/h6,13H,5,7-8H2,1-4H3,(H,14,16). The Hall–Kier alpha value is -1.56. The van der Waals surface area contributed by atoms with Crippen LogP contribution in [0, 0.1) is 5.41 Å². The molecule has 18 heavy (non-hydrogen) atoms. The molecule has 1 aromatic heterocycles. The third-order valence-electron chi connectivity index (χ3n) is 3.06. The Balaban J connectivity index is 2.54. The summed E-state index contributed by atoms with van der Waals surface area (Å²) in [5, 5.41) is 9.62. The van der Waals surface area contributed by atoms with Crippen LogP contribution in [-0.2, 0) is 0 Å². The zero-order chi connectivity index (χ0) is 13.6.